The molecule has 152 valence electrons. The smallest absolute Gasteiger partial charge is 0.310 e. The number of carbonyl (C=O) groups excluding carboxylic acids is 3. The highest BCUT2D eigenvalue weighted by Gasteiger charge is 2.16. The number of carbonyl (C=O) groups is 3. The van der Waals surface area contributed by atoms with Gasteiger partial charge >= 0.3 is 11.9 Å². The van der Waals surface area contributed by atoms with Crippen molar-refractivity contribution in [1.29, 1.82) is 0 Å². The zero-order valence-corrected chi connectivity index (χ0v) is 16.3. The Kier molecular flexibility index (Phi) is 8.84. The van der Waals surface area contributed by atoms with Crippen LogP contribution in [-0.4, -0.2) is 43.8 Å². The van der Waals surface area contributed by atoms with E-state index in [0.29, 0.717) is 19.4 Å². The van der Waals surface area contributed by atoms with Crippen molar-refractivity contribution in [3.63, 3.8) is 0 Å². The SMILES string of the molecule is CC(=O)CCc1cc(COC(C)=O)ccc1CC(=O)OC1/C=C/COCOC1. The van der Waals surface area contributed by atoms with Gasteiger partial charge in [0.05, 0.1) is 19.6 Å². The van der Waals surface area contributed by atoms with Crippen LogP contribution in [0.1, 0.15) is 37.0 Å². The molecule has 0 saturated carbocycles. The van der Waals surface area contributed by atoms with E-state index in [1.54, 1.807) is 18.2 Å². The highest BCUT2D eigenvalue weighted by Crippen LogP contribution is 2.17. The fourth-order valence-corrected chi connectivity index (χ4v) is 2.71. The first-order chi connectivity index (χ1) is 13.4. The largest absolute Gasteiger partial charge is 0.461 e. The van der Waals surface area contributed by atoms with E-state index in [0.717, 1.165) is 16.7 Å². The molecular formula is C21H26O7. The predicted molar refractivity (Wildman–Crippen MR) is 100 cm³/mol. The number of benzene rings is 1. The molecule has 0 fully saturated rings. The third-order valence-corrected chi connectivity index (χ3v) is 4.09. The van der Waals surface area contributed by atoms with Crippen LogP contribution in [0.25, 0.3) is 0 Å². The molecule has 0 aliphatic carbocycles. The quantitative estimate of drug-likeness (QED) is 0.497. The van der Waals surface area contributed by atoms with Crippen LogP contribution in [0.5, 0.6) is 0 Å². The summed E-state index contributed by atoms with van der Waals surface area (Å²) in [6, 6.07) is 5.48. The van der Waals surface area contributed by atoms with Gasteiger partial charge in [0.15, 0.2) is 0 Å². The van der Waals surface area contributed by atoms with E-state index in [2.05, 4.69) is 0 Å². The second-order valence-electron chi connectivity index (χ2n) is 6.58. The van der Waals surface area contributed by atoms with Gasteiger partial charge in [-0.3, -0.25) is 9.59 Å². The minimum absolute atomic E-state index is 0.0675. The predicted octanol–water partition coefficient (Wildman–Crippen LogP) is 2.29. The van der Waals surface area contributed by atoms with Crippen molar-refractivity contribution in [3.8, 4) is 0 Å². The number of aryl methyl sites for hydroxylation is 1. The number of hydrogen-bond acceptors (Lipinski definition) is 7. The lowest BCUT2D eigenvalue weighted by Gasteiger charge is -2.17. The summed E-state index contributed by atoms with van der Waals surface area (Å²) in [5.74, 6) is -0.674. The molecule has 2 rings (SSSR count). The van der Waals surface area contributed by atoms with Gasteiger partial charge < -0.3 is 23.7 Å². The molecule has 0 radical (unpaired) electrons. The van der Waals surface area contributed by atoms with Crippen molar-refractivity contribution in [1.82, 2.24) is 0 Å². The molecule has 28 heavy (non-hydrogen) atoms. The Hall–Kier alpha value is -2.51. The van der Waals surface area contributed by atoms with Gasteiger partial charge in [-0.15, -0.1) is 0 Å². The minimum atomic E-state index is -0.458. The van der Waals surface area contributed by atoms with E-state index in [1.165, 1.54) is 13.8 Å². The lowest BCUT2D eigenvalue weighted by atomic mass is 9.97. The molecule has 0 aromatic heterocycles. The van der Waals surface area contributed by atoms with Crippen LogP contribution < -0.4 is 0 Å². The van der Waals surface area contributed by atoms with Gasteiger partial charge in [-0.2, -0.15) is 0 Å². The minimum Gasteiger partial charge on any atom is -0.461 e. The van der Waals surface area contributed by atoms with Crippen LogP contribution >= 0.6 is 0 Å². The summed E-state index contributed by atoms with van der Waals surface area (Å²) in [6.07, 6.45) is 4.05. The van der Waals surface area contributed by atoms with E-state index in [4.69, 9.17) is 18.9 Å². The summed E-state index contributed by atoms with van der Waals surface area (Å²) < 4.78 is 20.9. The molecule has 0 amide bonds. The summed E-state index contributed by atoms with van der Waals surface area (Å²) >= 11 is 0. The molecule has 1 atom stereocenters. The monoisotopic (exact) mass is 390 g/mol. The van der Waals surface area contributed by atoms with Crippen molar-refractivity contribution in [2.24, 2.45) is 0 Å². The van der Waals surface area contributed by atoms with Crippen LogP contribution in [0.15, 0.2) is 30.4 Å². The molecule has 7 heteroatoms. The molecule has 1 aliphatic heterocycles. The first kappa shape index (κ1) is 21.8. The molecule has 0 saturated heterocycles. The van der Waals surface area contributed by atoms with Gasteiger partial charge in [-0.25, -0.2) is 0 Å². The van der Waals surface area contributed by atoms with Gasteiger partial charge in [-0.05, 0) is 36.1 Å². The maximum absolute atomic E-state index is 12.4. The third kappa shape index (κ3) is 8.02. The van der Waals surface area contributed by atoms with Crippen LogP contribution in [0.4, 0.5) is 0 Å². The maximum Gasteiger partial charge on any atom is 0.310 e. The third-order valence-electron chi connectivity index (χ3n) is 4.09. The van der Waals surface area contributed by atoms with E-state index < -0.39 is 6.10 Å². The summed E-state index contributed by atoms with van der Waals surface area (Å²) in [5.41, 5.74) is 2.47. The number of ether oxygens (including phenoxy) is 4. The molecule has 1 aromatic carbocycles. The first-order valence-corrected chi connectivity index (χ1v) is 9.19. The normalized spacial score (nSPS) is 17.9. The lowest BCUT2D eigenvalue weighted by Crippen LogP contribution is -2.25. The second kappa shape index (κ2) is 11.4. The molecule has 1 heterocycles. The molecular weight excluding hydrogens is 364 g/mol. The topological polar surface area (TPSA) is 88.1 Å². The Morgan fingerprint density at radius 1 is 1.14 bits per heavy atom. The number of ketones is 1. The molecule has 0 bridgehead atoms. The number of rotatable bonds is 8. The summed E-state index contributed by atoms with van der Waals surface area (Å²) in [7, 11) is 0. The number of esters is 2. The Morgan fingerprint density at radius 3 is 2.71 bits per heavy atom. The highest BCUT2D eigenvalue weighted by atomic mass is 16.7. The van der Waals surface area contributed by atoms with Crippen LogP contribution in [0.2, 0.25) is 0 Å². The van der Waals surface area contributed by atoms with Crippen molar-refractivity contribution in [2.75, 3.05) is 20.0 Å². The number of Topliss-reactive ketones (excluding diaryl/α,β-unsaturated/α-hetero) is 1. The Morgan fingerprint density at radius 2 is 1.96 bits per heavy atom. The molecule has 0 N–H and O–H groups in total. The van der Waals surface area contributed by atoms with Crippen molar-refractivity contribution >= 4 is 17.7 Å². The van der Waals surface area contributed by atoms with Crippen molar-refractivity contribution in [2.45, 2.75) is 45.8 Å². The number of hydrogen-bond donors (Lipinski definition) is 0. The van der Waals surface area contributed by atoms with Crippen LogP contribution in [0, 0.1) is 0 Å². The van der Waals surface area contributed by atoms with Crippen LogP contribution in [0.3, 0.4) is 0 Å². The first-order valence-electron chi connectivity index (χ1n) is 9.19. The Bertz CT molecular complexity index is 723. The Balaban J connectivity index is 2.06. The molecule has 0 spiro atoms. The van der Waals surface area contributed by atoms with Gasteiger partial charge in [0.2, 0.25) is 0 Å². The highest BCUT2D eigenvalue weighted by molar-refractivity contribution is 5.76. The zero-order chi connectivity index (χ0) is 20.4. The average molecular weight is 390 g/mol. The molecule has 1 aliphatic rings. The van der Waals surface area contributed by atoms with Gasteiger partial charge in [0, 0.05) is 13.3 Å². The summed E-state index contributed by atoms with van der Waals surface area (Å²) in [4.78, 5) is 34.8. The van der Waals surface area contributed by atoms with E-state index in [9.17, 15) is 14.4 Å². The standard InChI is InChI=1S/C21H26O7/c1-15(22)5-7-18-10-17(12-27-16(2)23)6-8-19(18)11-21(24)28-20-4-3-9-25-14-26-13-20/h3-4,6,8,10,20H,5,7,9,11-14H2,1-2H3/b4-3+. The second-order valence-corrected chi connectivity index (χ2v) is 6.58. The van der Waals surface area contributed by atoms with Crippen molar-refractivity contribution in [3.05, 3.63) is 47.0 Å². The van der Waals surface area contributed by atoms with Crippen LogP contribution in [-0.2, 0) is 52.8 Å². The van der Waals surface area contributed by atoms with E-state index >= 15 is 0 Å². The van der Waals surface area contributed by atoms with Crippen molar-refractivity contribution < 1.29 is 33.3 Å². The lowest BCUT2D eigenvalue weighted by molar-refractivity contribution is -0.151. The Labute approximate surface area is 164 Å². The fourth-order valence-electron chi connectivity index (χ4n) is 2.71. The van der Waals surface area contributed by atoms with Gasteiger partial charge in [-0.1, -0.05) is 24.3 Å². The fraction of sp³-hybridized carbons (Fsp3) is 0.476. The van der Waals surface area contributed by atoms with E-state index in [1.807, 2.05) is 12.1 Å². The average Bonchev–Trinajstić information content (AvgIpc) is 2.61. The molecule has 1 unspecified atom stereocenters. The summed E-state index contributed by atoms with van der Waals surface area (Å²) in [6.45, 7) is 3.84. The van der Waals surface area contributed by atoms with Gasteiger partial charge in [0.1, 0.15) is 25.3 Å². The van der Waals surface area contributed by atoms with E-state index in [-0.39, 0.29) is 44.1 Å². The molecule has 1 aromatic rings. The summed E-state index contributed by atoms with van der Waals surface area (Å²) in [5, 5.41) is 0. The maximum atomic E-state index is 12.4. The molecule has 7 nitrogen and oxygen atoms in total. The van der Waals surface area contributed by atoms with Gasteiger partial charge in [0.25, 0.3) is 0 Å². The zero-order valence-electron chi connectivity index (χ0n) is 16.3.